The van der Waals surface area contributed by atoms with Crippen LogP contribution >= 0.6 is 0 Å². The average Bonchev–Trinajstić information content (AvgIpc) is 3.32. The van der Waals surface area contributed by atoms with Crippen LogP contribution in [-0.2, 0) is 16.1 Å². The second-order valence-electron chi connectivity index (χ2n) is 4.60. The van der Waals surface area contributed by atoms with Gasteiger partial charge in [-0.05, 0) is 29.8 Å². The molecular formula is C16H15NO3. The van der Waals surface area contributed by atoms with Crippen molar-refractivity contribution in [3.63, 3.8) is 0 Å². The molecule has 1 unspecified atom stereocenters. The average molecular weight is 269 g/mol. The highest BCUT2D eigenvalue weighted by molar-refractivity contribution is 5.82. The number of para-hydroxylation sites is 1. The molecule has 0 saturated carbocycles. The van der Waals surface area contributed by atoms with Gasteiger partial charge in [0.15, 0.2) is 6.10 Å². The zero-order valence-corrected chi connectivity index (χ0v) is 10.9. The van der Waals surface area contributed by atoms with E-state index >= 15 is 0 Å². The minimum Gasteiger partial charge on any atom is -0.457 e. The Morgan fingerprint density at radius 2 is 1.75 bits per heavy atom. The molecule has 1 fully saturated rings. The second-order valence-corrected chi connectivity index (χ2v) is 4.60. The van der Waals surface area contributed by atoms with Crippen LogP contribution < -0.4 is 10.1 Å². The molecular weight excluding hydrogens is 254 g/mol. The summed E-state index contributed by atoms with van der Waals surface area (Å²) in [6.07, 6.45) is -0.240. The van der Waals surface area contributed by atoms with Gasteiger partial charge < -0.3 is 14.8 Å². The van der Waals surface area contributed by atoms with E-state index in [4.69, 9.17) is 9.47 Å². The number of benzene rings is 2. The van der Waals surface area contributed by atoms with Crippen LogP contribution in [-0.4, -0.2) is 18.6 Å². The minimum atomic E-state index is -0.240. The van der Waals surface area contributed by atoms with Crippen molar-refractivity contribution in [1.82, 2.24) is 5.32 Å². The molecule has 102 valence electrons. The number of epoxide rings is 1. The molecule has 1 saturated heterocycles. The van der Waals surface area contributed by atoms with Crippen molar-refractivity contribution in [1.29, 1.82) is 0 Å². The van der Waals surface area contributed by atoms with E-state index in [1.807, 2.05) is 54.6 Å². The fourth-order valence-corrected chi connectivity index (χ4v) is 1.80. The SMILES string of the molecule is O=C(NCc1ccc(Oc2ccccc2)cc1)C1CO1. The number of ether oxygens (including phenoxy) is 2. The van der Waals surface area contributed by atoms with Crippen LogP contribution in [0.3, 0.4) is 0 Å². The van der Waals surface area contributed by atoms with E-state index < -0.39 is 0 Å². The van der Waals surface area contributed by atoms with Crippen LogP contribution in [0.2, 0.25) is 0 Å². The highest BCUT2D eigenvalue weighted by Gasteiger charge is 2.30. The molecule has 2 aromatic carbocycles. The summed E-state index contributed by atoms with van der Waals surface area (Å²) in [5.74, 6) is 1.53. The van der Waals surface area contributed by atoms with Gasteiger partial charge in [0.25, 0.3) is 5.91 Å². The highest BCUT2D eigenvalue weighted by atomic mass is 16.6. The van der Waals surface area contributed by atoms with E-state index in [0.717, 1.165) is 17.1 Å². The maximum absolute atomic E-state index is 11.4. The van der Waals surface area contributed by atoms with Crippen LogP contribution in [0, 0.1) is 0 Å². The van der Waals surface area contributed by atoms with E-state index in [-0.39, 0.29) is 12.0 Å². The Morgan fingerprint density at radius 1 is 1.10 bits per heavy atom. The lowest BCUT2D eigenvalue weighted by Crippen LogP contribution is -2.27. The lowest BCUT2D eigenvalue weighted by Gasteiger charge is -2.07. The first-order chi connectivity index (χ1) is 9.81. The van der Waals surface area contributed by atoms with E-state index in [9.17, 15) is 4.79 Å². The summed E-state index contributed by atoms with van der Waals surface area (Å²) >= 11 is 0. The van der Waals surface area contributed by atoms with Crippen molar-refractivity contribution in [2.24, 2.45) is 0 Å². The maximum Gasteiger partial charge on any atom is 0.251 e. The molecule has 4 heteroatoms. The number of hydrogen-bond donors (Lipinski definition) is 1. The number of hydrogen-bond acceptors (Lipinski definition) is 3. The fraction of sp³-hybridized carbons (Fsp3) is 0.188. The highest BCUT2D eigenvalue weighted by Crippen LogP contribution is 2.21. The van der Waals surface area contributed by atoms with Crippen LogP contribution in [0.4, 0.5) is 0 Å². The number of carbonyl (C=O) groups excluding carboxylic acids is 1. The van der Waals surface area contributed by atoms with Crippen molar-refractivity contribution < 1.29 is 14.3 Å². The van der Waals surface area contributed by atoms with Gasteiger partial charge in [-0.25, -0.2) is 0 Å². The molecule has 1 aliphatic rings. The Labute approximate surface area is 117 Å². The quantitative estimate of drug-likeness (QED) is 0.848. The topological polar surface area (TPSA) is 50.9 Å². The number of carbonyl (C=O) groups is 1. The van der Waals surface area contributed by atoms with Gasteiger partial charge in [-0.15, -0.1) is 0 Å². The van der Waals surface area contributed by atoms with Crippen LogP contribution in [0.5, 0.6) is 11.5 Å². The van der Waals surface area contributed by atoms with Crippen molar-refractivity contribution >= 4 is 5.91 Å². The van der Waals surface area contributed by atoms with Crippen LogP contribution in [0.15, 0.2) is 54.6 Å². The third kappa shape index (κ3) is 3.36. The molecule has 3 rings (SSSR count). The summed E-state index contributed by atoms with van der Waals surface area (Å²) in [6, 6.07) is 17.3. The van der Waals surface area contributed by atoms with Crippen LogP contribution in [0.25, 0.3) is 0 Å². The number of rotatable bonds is 5. The summed E-state index contributed by atoms with van der Waals surface area (Å²) in [4.78, 5) is 11.4. The summed E-state index contributed by atoms with van der Waals surface area (Å²) in [6.45, 7) is 1.04. The molecule has 1 N–H and O–H groups in total. The first kappa shape index (κ1) is 12.7. The second kappa shape index (κ2) is 5.75. The predicted octanol–water partition coefficient (Wildman–Crippen LogP) is 2.49. The van der Waals surface area contributed by atoms with Crippen molar-refractivity contribution in [2.45, 2.75) is 12.6 Å². The van der Waals surface area contributed by atoms with Gasteiger partial charge in [-0.2, -0.15) is 0 Å². The van der Waals surface area contributed by atoms with Gasteiger partial charge in [0.1, 0.15) is 11.5 Å². The summed E-state index contributed by atoms with van der Waals surface area (Å²) < 4.78 is 10.6. The normalized spacial score (nSPS) is 16.5. The van der Waals surface area contributed by atoms with E-state index in [1.54, 1.807) is 0 Å². The van der Waals surface area contributed by atoms with Gasteiger partial charge in [-0.1, -0.05) is 30.3 Å². The van der Waals surface area contributed by atoms with Crippen molar-refractivity contribution in [3.8, 4) is 11.5 Å². The first-order valence-corrected chi connectivity index (χ1v) is 6.52. The van der Waals surface area contributed by atoms with Crippen molar-refractivity contribution in [3.05, 3.63) is 60.2 Å². The molecule has 0 aliphatic carbocycles. The Morgan fingerprint density at radius 3 is 2.40 bits per heavy atom. The molecule has 20 heavy (non-hydrogen) atoms. The minimum absolute atomic E-state index is 0.0467. The molecule has 0 spiro atoms. The van der Waals surface area contributed by atoms with Crippen molar-refractivity contribution in [2.75, 3.05) is 6.61 Å². The molecule has 1 aliphatic heterocycles. The Bertz CT molecular complexity index is 576. The van der Waals surface area contributed by atoms with Gasteiger partial charge in [0.05, 0.1) is 6.61 Å². The molecule has 1 heterocycles. The van der Waals surface area contributed by atoms with Crippen LogP contribution in [0.1, 0.15) is 5.56 Å². The first-order valence-electron chi connectivity index (χ1n) is 6.52. The summed E-state index contributed by atoms with van der Waals surface area (Å²) in [5.41, 5.74) is 1.03. The molecule has 0 bridgehead atoms. The summed E-state index contributed by atoms with van der Waals surface area (Å²) in [7, 11) is 0. The smallest absolute Gasteiger partial charge is 0.251 e. The molecule has 0 aromatic heterocycles. The Hall–Kier alpha value is -2.33. The standard InChI is InChI=1S/C16H15NO3/c18-16(15-11-19-15)17-10-12-6-8-14(9-7-12)20-13-4-2-1-3-5-13/h1-9,15H,10-11H2,(H,17,18). The van der Waals surface area contributed by atoms with Gasteiger partial charge in [-0.3, -0.25) is 4.79 Å². The monoisotopic (exact) mass is 269 g/mol. The summed E-state index contributed by atoms with van der Waals surface area (Å²) in [5, 5.41) is 2.83. The van der Waals surface area contributed by atoms with E-state index in [1.165, 1.54) is 0 Å². The maximum atomic E-state index is 11.4. The third-order valence-electron chi connectivity index (χ3n) is 2.99. The molecule has 1 atom stereocenters. The zero-order chi connectivity index (χ0) is 13.8. The molecule has 2 aromatic rings. The third-order valence-corrected chi connectivity index (χ3v) is 2.99. The van der Waals surface area contributed by atoms with Gasteiger partial charge in [0, 0.05) is 6.54 Å². The van der Waals surface area contributed by atoms with Gasteiger partial charge >= 0.3 is 0 Å². The largest absolute Gasteiger partial charge is 0.457 e. The lowest BCUT2D eigenvalue weighted by molar-refractivity contribution is -0.122. The Kier molecular flexibility index (Phi) is 3.65. The molecule has 4 nitrogen and oxygen atoms in total. The number of nitrogens with one attached hydrogen (secondary N) is 1. The Balaban J connectivity index is 1.55. The number of amides is 1. The fourth-order valence-electron chi connectivity index (χ4n) is 1.80. The zero-order valence-electron chi connectivity index (χ0n) is 10.9. The van der Waals surface area contributed by atoms with E-state index in [0.29, 0.717) is 13.2 Å². The molecule has 0 radical (unpaired) electrons. The molecule has 1 amide bonds. The lowest BCUT2D eigenvalue weighted by atomic mass is 10.2. The van der Waals surface area contributed by atoms with Gasteiger partial charge in [0.2, 0.25) is 0 Å². The van der Waals surface area contributed by atoms with E-state index in [2.05, 4.69) is 5.32 Å². The predicted molar refractivity (Wildman–Crippen MR) is 74.5 cm³/mol.